The van der Waals surface area contributed by atoms with E-state index in [9.17, 15) is 9.59 Å². The van der Waals surface area contributed by atoms with Crippen LogP contribution in [-0.2, 0) is 16.1 Å². The molecule has 1 aromatic rings. The second kappa shape index (κ2) is 9.58. The van der Waals surface area contributed by atoms with E-state index in [2.05, 4.69) is 21.2 Å². The summed E-state index contributed by atoms with van der Waals surface area (Å²) in [6, 6.07) is 3.92. The molecule has 3 N–H and O–H groups in total. The van der Waals surface area contributed by atoms with Crippen LogP contribution in [0.5, 0.6) is 5.75 Å². The van der Waals surface area contributed by atoms with Crippen LogP contribution < -0.4 is 15.8 Å². The van der Waals surface area contributed by atoms with Crippen LogP contribution in [0, 0.1) is 0 Å². The Morgan fingerprint density at radius 2 is 2.18 bits per heavy atom. The van der Waals surface area contributed by atoms with Crippen molar-refractivity contribution < 1.29 is 19.1 Å². The van der Waals surface area contributed by atoms with Crippen LogP contribution in [0.15, 0.2) is 22.7 Å². The van der Waals surface area contributed by atoms with E-state index in [1.807, 2.05) is 12.3 Å². The van der Waals surface area contributed by atoms with Crippen molar-refractivity contribution in [3.05, 3.63) is 28.2 Å². The van der Waals surface area contributed by atoms with Crippen molar-refractivity contribution in [3.8, 4) is 5.75 Å². The Bertz CT molecular complexity index is 528. The lowest BCUT2D eigenvalue weighted by Gasteiger charge is -2.16. The summed E-state index contributed by atoms with van der Waals surface area (Å²) in [6.45, 7) is 0.109. The average molecular weight is 391 g/mol. The Labute approximate surface area is 142 Å². The fourth-order valence-electron chi connectivity index (χ4n) is 1.71. The van der Waals surface area contributed by atoms with E-state index in [0.29, 0.717) is 17.9 Å². The highest BCUT2D eigenvalue weighted by molar-refractivity contribution is 9.10. The normalized spacial score (nSPS) is 11.6. The van der Waals surface area contributed by atoms with Gasteiger partial charge in [-0.1, -0.05) is 6.07 Å². The maximum absolute atomic E-state index is 12.0. The van der Waals surface area contributed by atoms with Crippen LogP contribution in [-0.4, -0.2) is 37.2 Å². The van der Waals surface area contributed by atoms with Crippen molar-refractivity contribution in [2.24, 2.45) is 5.73 Å². The topological polar surface area (TPSA) is 90.7 Å². The van der Waals surface area contributed by atoms with Crippen molar-refractivity contribution in [3.63, 3.8) is 0 Å². The zero-order valence-electron chi connectivity index (χ0n) is 12.4. The number of amides is 2. The number of rotatable bonds is 8. The van der Waals surface area contributed by atoms with Gasteiger partial charge in [0, 0.05) is 0 Å². The number of esters is 1. The number of hydrogen-bond donors (Lipinski definition) is 2. The zero-order chi connectivity index (χ0) is 16.5. The molecular formula is C14H19BrN2O4S. The van der Waals surface area contributed by atoms with E-state index in [1.165, 1.54) is 0 Å². The third kappa shape index (κ3) is 6.15. The predicted molar refractivity (Wildman–Crippen MR) is 90.0 cm³/mol. The van der Waals surface area contributed by atoms with Gasteiger partial charge < -0.3 is 20.5 Å². The molecule has 0 saturated carbocycles. The third-order valence-corrected chi connectivity index (χ3v) is 4.07. The number of benzene rings is 1. The molecule has 0 unspecified atom stereocenters. The van der Waals surface area contributed by atoms with Gasteiger partial charge in [0.25, 0.3) is 0 Å². The van der Waals surface area contributed by atoms with E-state index in [1.54, 1.807) is 31.0 Å². The Morgan fingerprint density at radius 3 is 2.73 bits per heavy atom. The van der Waals surface area contributed by atoms with Crippen molar-refractivity contribution >= 4 is 39.7 Å². The summed E-state index contributed by atoms with van der Waals surface area (Å²) in [5, 5.41) is 2.40. The highest BCUT2D eigenvalue weighted by Gasteiger charge is 2.21. The Kier molecular flexibility index (Phi) is 8.11. The molecular weight excluding hydrogens is 372 g/mol. The minimum atomic E-state index is -0.741. The van der Waals surface area contributed by atoms with Crippen LogP contribution in [0.3, 0.4) is 0 Å². The molecule has 8 heteroatoms. The zero-order valence-corrected chi connectivity index (χ0v) is 14.8. The molecule has 0 radical (unpaired) electrons. The molecule has 0 heterocycles. The largest absolute Gasteiger partial charge is 0.496 e. The quantitative estimate of drug-likeness (QED) is 0.664. The van der Waals surface area contributed by atoms with Gasteiger partial charge in [0.05, 0.1) is 11.6 Å². The highest BCUT2D eigenvalue weighted by Crippen LogP contribution is 2.25. The summed E-state index contributed by atoms with van der Waals surface area (Å²) in [7, 11) is 1.58. The maximum Gasteiger partial charge on any atom is 0.329 e. The average Bonchev–Trinajstić information content (AvgIpc) is 2.48. The van der Waals surface area contributed by atoms with Gasteiger partial charge in [-0.05, 0) is 52.1 Å². The van der Waals surface area contributed by atoms with Crippen molar-refractivity contribution in [1.82, 2.24) is 5.32 Å². The summed E-state index contributed by atoms with van der Waals surface area (Å²) < 4.78 is 11.1. The summed E-state index contributed by atoms with van der Waals surface area (Å²) in [4.78, 5) is 23.0. The van der Waals surface area contributed by atoms with Crippen LogP contribution in [0.1, 0.15) is 12.0 Å². The van der Waals surface area contributed by atoms with E-state index in [4.69, 9.17) is 15.2 Å². The molecule has 122 valence electrons. The Balaban J connectivity index is 2.61. The van der Waals surface area contributed by atoms with Gasteiger partial charge in [-0.2, -0.15) is 11.8 Å². The van der Waals surface area contributed by atoms with E-state index in [0.717, 1.165) is 10.0 Å². The van der Waals surface area contributed by atoms with E-state index >= 15 is 0 Å². The molecule has 0 spiro atoms. The minimum Gasteiger partial charge on any atom is -0.496 e. The number of urea groups is 1. The molecule has 0 saturated heterocycles. The molecule has 2 amide bonds. The Hall–Kier alpha value is -1.41. The SMILES string of the molecule is COc1ccc(COC(=O)[C@@H](CCSC)NC(N)=O)cc1Br. The third-order valence-electron chi connectivity index (χ3n) is 2.81. The number of carbonyl (C=O) groups is 2. The van der Waals surface area contributed by atoms with Gasteiger partial charge in [0.15, 0.2) is 0 Å². The van der Waals surface area contributed by atoms with Crippen molar-refractivity contribution in [2.75, 3.05) is 19.1 Å². The van der Waals surface area contributed by atoms with E-state index in [-0.39, 0.29) is 6.61 Å². The summed E-state index contributed by atoms with van der Waals surface area (Å²) in [5.74, 6) is 0.914. The molecule has 0 aliphatic heterocycles. The van der Waals surface area contributed by atoms with Crippen LogP contribution in [0.4, 0.5) is 4.79 Å². The first-order valence-corrected chi connectivity index (χ1v) is 8.70. The lowest BCUT2D eigenvalue weighted by atomic mass is 10.2. The summed E-state index contributed by atoms with van der Waals surface area (Å²) in [6.07, 6.45) is 2.39. The first-order chi connectivity index (χ1) is 10.5. The number of hydrogen-bond acceptors (Lipinski definition) is 5. The molecule has 22 heavy (non-hydrogen) atoms. The summed E-state index contributed by atoms with van der Waals surface area (Å²) >= 11 is 4.94. The molecule has 0 fully saturated rings. The number of nitrogens with one attached hydrogen (secondary N) is 1. The minimum absolute atomic E-state index is 0.109. The van der Waals surface area contributed by atoms with Crippen molar-refractivity contribution in [1.29, 1.82) is 0 Å². The molecule has 1 atom stereocenters. The number of methoxy groups -OCH3 is 1. The second-order valence-electron chi connectivity index (χ2n) is 4.42. The molecule has 6 nitrogen and oxygen atoms in total. The number of halogens is 1. The van der Waals surface area contributed by atoms with Crippen LogP contribution in [0.25, 0.3) is 0 Å². The summed E-state index contributed by atoms with van der Waals surface area (Å²) in [5.41, 5.74) is 5.89. The lowest BCUT2D eigenvalue weighted by molar-refractivity contribution is -0.147. The van der Waals surface area contributed by atoms with Crippen LogP contribution in [0.2, 0.25) is 0 Å². The molecule has 0 aromatic heterocycles. The molecule has 0 aliphatic rings. The van der Waals surface area contributed by atoms with Gasteiger partial charge in [-0.15, -0.1) is 0 Å². The Morgan fingerprint density at radius 1 is 1.45 bits per heavy atom. The number of ether oxygens (including phenoxy) is 2. The highest BCUT2D eigenvalue weighted by atomic mass is 79.9. The van der Waals surface area contributed by atoms with Gasteiger partial charge in [0.1, 0.15) is 18.4 Å². The molecule has 0 aliphatic carbocycles. The smallest absolute Gasteiger partial charge is 0.329 e. The second-order valence-corrected chi connectivity index (χ2v) is 6.26. The number of carbonyl (C=O) groups excluding carboxylic acids is 2. The van der Waals surface area contributed by atoms with Crippen LogP contribution >= 0.6 is 27.7 Å². The van der Waals surface area contributed by atoms with Crippen molar-refractivity contribution in [2.45, 2.75) is 19.1 Å². The maximum atomic E-state index is 12.0. The fraction of sp³-hybridized carbons (Fsp3) is 0.429. The molecule has 1 rings (SSSR count). The number of primary amides is 1. The monoisotopic (exact) mass is 390 g/mol. The molecule has 0 bridgehead atoms. The van der Waals surface area contributed by atoms with Gasteiger partial charge >= 0.3 is 12.0 Å². The van der Waals surface area contributed by atoms with Gasteiger partial charge in [-0.25, -0.2) is 9.59 Å². The van der Waals surface area contributed by atoms with Gasteiger partial charge in [0.2, 0.25) is 0 Å². The van der Waals surface area contributed by atoms with Gasteiger partial charge in [-0.3, -0.25) is 0 Å². The number of nitrogens with two attached hydrogens (primary N) is 1. The standard InChI is InChI=1S/C14H19BrN2O4S/c1-20-12-4-3-9(7-10(12)15)8-21-13(18)11(5-6-22-2)17-14(16)19/h3-4,7,11H,5-6,8H2,1-2H3,(H3,16,17,19)/t11-/m1/s1. The first-order valence-electron chi connectivity index (χ1n) is 6.52. The number of thioether (sulfide) groups is 1. The lowest BCUT2D eigenvalue weighted by Crippen LogP contribution is -2.44. The fourth-order valence-corrected chi connectivity index (χ4v) is 2.77. The predicted octanol–water partition coefficient (Wildman–Crippen LogP) is 2.29. The van der Waals surface area contributed by atoms with E-state index < -0.39 is 18.0 Å². The molecule has 1 aromatic carbocycles. The first kappa shape index (κ1) is 18.6.